The molecule has 0 saturated carbocycles. The number of aryl methyl sites for hydroxylation is 1. The van der Waals surface area contributed by atoms with E-state index < -0.39 is 0 Å². The van der Waals surface area contributed by atoms with Gasteiger partial charge in [-0.25, -0.2) is 9.78 Å². The summed E-state index contributed by atoms with van der Waals surface area (Å²) in [4.78, 5) is 21.1. The summed E-state index contributed by atoms with van der Waals surface area (Å²) in [5.74, 6) is 0.371. The molecule has 0 bridgehead atoms. The molecule has 0 saturated heterocycles. The van der Waals surface area contributed by atoms with E-state index in [1.807, 2.05) is 25.3 Å². The molecular weight excluding hydrogens is 312 g/mol. The smallest absolute Gasteiger partial charge is 0.337 e. The van der Waals surface area contributed by atoms with Gasteiger partial charge in [0, 0.05) is 24.7 Å². The summed E-state index contributed by atoms with van der Waals surface area (Å²) in [6, 6.07) is 7.27. The molecule has 0 amide bonds. The summed E-state index contributed by atoms with van der Waals surface area (Å²) in [6.45, 7) is 3.28. The number of benzene rings is 1. The van der Waals surface area contributed by atoms with E-state index in [9.17, 15) is 4.79 Å². The van der Waals surface area contributed by atoms with Crippen LogP contribution >= 0.6 is 11.3 Å². The molecule has 7 heteroatoms. The van der Waals surface area contributed by atoms with Gasteiger partial charge in [0.05, 0.1) is 19.2 Å². The van der Waals surface area contributed by atoms with E-state index in [4.69, 9.17) is 0 Å². The van der Waals surface area contributed by atoms with Crippen LogP contribution in [0.25, 0.3) is 0 Å². The molecule has 23 heavy (non-hydrogen) atoms. The second kappa shape index (κ2) is 8.28. The van der Waals surface area contributed by atoms with Crippen LogP contribution in [0.3, 0.4) is 0 Å². The number of thiazole rings is 1. The lowest BCUT2D eigenvalue weighted by Gasteiger charge is -2.11. The van der Waals surface area contributed by atoms with Gasteiger partial charge in [0.2, 0.25) is 0 Å². The molecule has 2 aromatic rings. The van der Waals surface area contributed by atoms with Crippen molar-refractivity contribution in [3.63, 3.8) is 0 Å². The van der Waals surface area contributed by atoms with Gasteiger partial charge in [-0.05, 0) is 24.6 Å². The van der Waals surface area contributed by atoms with Gasteiger partial charge in [-0.2, -0.15) is 0 Å². The van der Waals surface area contributed by atoms with Crippen LogP contribution in [0.4, 0.5) is 0 Å². The maximum absolute atomic E-state index is 11.4. The highest BCUT2D eigenvalue weighted by Gasteiger charge is 2.05. The van der Waals surface area contributed by atoms with E-state index in [-0.39, 0.29) is 5.97 Å². The number of esters is 1. The minimum absolute atomic E-state index is 0.333. The fourth-order valence-corrected chi connectivity index (χ4v) is 2.65. The Kier molecular flexibility index (Phi) is 6.10. The molecule has 6 nitrogen and oxygen atoms in total. The third kappa shape index (κ3) is 5.07. The van der Waals surface area contributed by atoms with Gasteiger partial charge in [0.25, 0.3) is 0 Å². The van der Waals surface area contributed by atoms with Gasteiger partial charge in [0.15, 0.2) is 5.96 Å². The first kappa shape index (κ1) is 17.0. The van der Waals surface area contributed by atoms with Crippen molar-refractivity contribution in [2.75, 3.05) is 14.2 Å². The van der Waals surface area contributed by atoms with Crippen molar-refractivity contribution >= 4 is 23.3 Å². The second-order valence-corrected chi connectivity index (χ2v) is 6.15. The first-order chi connectivity index (χ1) is 11.1. The number of methoxy groups -OCH3 is 1. The van der Waals surface area contributed by atoms with Gasteiger partial charge in [-0.3, -0.25) is 4.99 Å². The molecule has 0 fully saturated rings. The predicted octanol–water partition coefficient (Wildman–Crippen LogP) is 2.10. The number of aliphatic imine (C=N–C) groups is 1. The zero-order valence-corrected chi connectivity index (χ0v) is 14.2. The minimum Gasteiger partial charge on any atom is -0.465 e. The average molecular weight is 332 g/mol. The number of ether oxygens (including phenoxy) is 1. The molecule has 0 radical (unpaired) electrons. The average Bonchev–Trinajstić information content (AvgIpc) is 3.00. The number of nitrogens with one attached hydrogen (secondary N) is 2. The number of guanidine groups is 1. The molecule has 1 heterocycles. The van der Waals surface area contributed by atoms with Gasteiger partial charge in [0.1, 0.15) is 5.01 Å². The zero-order chi connectivity index (χ0) is 16.7. The number of rotatable bonds is 5. The number of aromatic nitrogens is 1. The predicted molar refractivity (Wildman–Crippen MR) is 91.7 cm³/mol. The van der Waals surface area contributed by atoms with E-state index in [1.54, 1.807) is 30.5 Å². The zero-order valence-electron chi connectivity index (χ0n) is 13.4. The van der Waals surface area contributed by atoms with E-state index in [0.29, 0.717) is 24.6 Å². The highest BCUT2D eigenvalue weighted by molar-refractivity contribution is 7.11. The molecule has 0 aliphatic rings. The Hall–Kier alpha value is -2.41. The highest BCUT2D eigenvalue weighted by atomic mass is 32.1. The van der Waals surface area contributed by atoms with E-state index in [2.05, 4.69) is 25.3 Å². The van der Waals surface area contributed by atoms with Gasteiger partial charge in [-0.15, -0.1) is 11.3 Å². The van der Waals surface area contributed by atoms with Gasteiger partial charge in [-0.1, -0.05) is 12.1 Å². The van der Waals surface area contributed by atoms with Crippen molar-refractivity contribution in [2.45, 2.75) is 20.0 Å². The number of carbonyl (C=O) groups excluding carboxylic acids is 1. The molecule has 0 aliphatic heterocycles. The molecule has 0 aliphatic carbocycles. The lowest BCUT2D eigenvalue weighted by atomic mass is 10.1. The van der Waals surface area contributed by atoms with Crippen LogP contribution in [-0.4, -0.2) is 31.1 Å². The lowest BCUT2D eigenvalue weighted by molar-refractivity contribution is 0.0600. The van der Waals surface area contributed by atoms with E-state index >= 15 is 0 Å². The third-order valence-electron chi connectivity index (χ3n) is 3.13. The first-order valence-electron chi connectivity index (χ1n) is 7.15. The van der Waals surface area contributed by atoms with Crippen molar-refractivity contribution < 1.29 is 9.53 Å². The minimum atomic E-state index is -0.333. The normalized spacial score (nSPS) is 11.2. The summed E-state index contributed by atoms with van der Waals surface area (Å²) >= 11 is 1.66. The van der Waals surface area contributed by atoms with Gasteiger partial charge >= 0.3 is 5.97 Å². The lowest BCUT2D eigenvalue weighted by Crippen LogP contribution is -2.36. The van der Waals surface area contributed by atoms with Crippen molar-refractivity contribution in [3.8, 4) is 0 Å². The Labute approximate surface area is 139 Å². The molecular formula is C16H20N4O2S. The van der Waals surface area contributed by atoms with Crippen LogP contribution in [0, 0.1) is 6.92 Å². The molecule has 2 N–H and O–H groups in total. The first-order valence-corrected chi connectivity index (χ1v) is 7.97. The number of hydrogen-bond donors (Lipinski definition) is 2. The largest absolute Gasteiger partial charge is 0.465 e. The van der Waals surface area contributed by atoms with Crippen LogP contribution in [0.5, 0.6) is 0 Å². The summed E-state index contributed by atoms with van der Waals surface area (Å²) in [7, 11) is 3.10. The van der Waals surface area contributed by atoms with E-state index in [0.717, 1.165) is 10.6 Å². The maximum Gasteiger partial charge on any atom is 0.337 e. The molecule has 1 aromatic heterocycles. The summed E-state index contributed by atoms with van der Waals surface area (Å²) in [6.07, 6.45) is 1.86. The maximum atomic E-state index is 11.4. The van der Waals surface area contributed by atoms with Crippen LogP contribution in [-0.2, 0) is 17.8 Å². The van der Waals surface area contributed by atoms with Crippen molar-refractivity contribution in [2.24, 2.45) is 4.99 Å². The fourth-order valence-electron chi connectivity index (χ4n) is 1.93. The molecule has 122 valence electrons. The molecule has 1 aromatic carbocycles. The summed E-state index contributed by atoms with van der Waals surface area (Å²) in [5.41, 5.74) is 1.59. The standard InChI is InChI=1S/C16H20N4O2S/c1-11-8-18-14(23-11)10-20-16(17-2)19-9-12-4-6-13(7-5-12)15(21)22-3/h4-8H,9-10H2,1-3H3,(H2,17,19,20). The SMILES string of the molecule is CN=C(NCc1ccc(C(=O)OC)cc1)NCc1ncc(C)s1. The second-order valence-electron chi connectivity index (χ2n) is 4.83. The topological polar surface area (TPSA) is 75.6 Å². The molecule has 0 spiro atoms. The Bertz CT molecular complexity index is 680. The van der Waals surface area contributed by atoms with Crippen LogP contribution in [0.2, 0.25) is 0 Å². The Morgan fingerprint density at radius 2 is 1.96 bits per heavy atom. The van der Waals surface area contributed by atoms with Crippen LogP contribution < -0.4 is 10.6 Å². The Morgan fingerprint density at radius 3 is 2.52 bits per heavy atom. The quantitative estimate of drug-likeness (QED) is 0.498. The van der Waals surface area contributed by atoms with Crippen molar-refractivity contribution in [3.05, 3.63) is 51.5 Å². The Balaban J connectivity index is 1.84. The van der Waals surface area contributed by atoms with Crippen molar-refractivity contribution in [1.29, 1.82) is 0 Å². The third-order valence-corrected chi connectivity index (χ3v) is 4.05. The molecule has 0 unspecified atom stereocenters. The fraction of sp³-hybridized carbons (Fsp3) is 0.312. The summed E-state index contributed by atoms with van der Waals surface area (Å²) < 4.78 is 4.68. The van der Waals surface area contributed by atoms with Gasteiger partial charge < -0.3 is 15.4 Å². The monoisotopic (exact) mass is 332 g/mol. The number of hydrogen-bond acceptors (Lipinski definition) is 5. The molecule has 2 rings (SSSR count). The molecule has 0 atom stereocenters. The highest BCUT2D eigenvalue weighted by Crippen LogP contribution is 2.10. The van der Waals surface area contributed by atoms with Crippen LogP contribution in [0.1, 0.15) is 25.8 Å². The van der Waals surface area contributed by atoms with Crippen molar-refractivity contribution in [1.82, 2.24) is 15.6 Å². The van der Waals surface area contributed by atoms with Crippen LogP contribution in [0.15, 0.2) is 35.5 Å². The van der Waals surface area contributed by atoms with E-state index in [1.165, 1.54) is 12.0 Å². The number of nitrogens with zero attached hydrogens (tertiary/aromatic N) is 2. The summed E-state index contributed by atoms with van der Waals surface area (Å²) in [5, 5.41) is 7.47. The number of carbonyl (C=O) groups is 1. The Morgan fingerprint density at radius 1 is 1.26 bits per heavy atom.